The Balaban J connectivity index is 1.78. The van der Waals surface area contributed by atoms with Crippen molar-refractivity contribution in [1.29, 1.82) is 0 Å². The van der Waals surface area contributed by atoms with Crippen LogP contribution in [0.25, 0.3) is 11.1 Å². The summed E-state index contributed by atoms with van der Waals surface area (Å²) in [5.74, 6) is 1.05. The van der Waals surface area contributed by atoms with Crippen molar-refractivity contribution in [2.45, 2.75) is 12.8 Å². The first kappa shape index (κ1) is 10.0. The third kappa shape index (κ3) is 1.49. The second-order valence-electron chi connectivity index (χ2n) is 4.97. The van der Waals surface area contributed by atoms with Crippen LogP contribution in [0.3, 0.4) is 0 Å². The Morgan fingerprint density at radius 1 is 0.889 bits per heavy atom. The summed E-state index contributed by atoms with van der Waals surface area (Å²) in [6, 6.07) is 13.2. The number of hydrogen-bond donors (Lipinski definition) is 1. The zero-order valence-electron chi connectivity index (χ0n) is 10.2. The van der Waals surface area contributed by atoms with Gasteiger partial charge in [0, 0.05) is 18.7 Å². The monoisotopic (exact) mass is 237 g/mol. The summed E-state index contributed by atoms with van der Waals surface area (Å²) < 4.78 is 5.55. The molecule has 2 aliphatic rings. The molecule has 0 bridgehead atoms. The molecule has 0 amide bonds. The summed E-state index contributed by atoms with van der Waals surface area (Å²) >= 11 is 0. The van der Waals surface area contributed by atoms with Crippen molar-refractivity contribution in [2.24, 2.45) is 0 Å². The molecule has 2 aliphatic heterocycles. The lowest BCUT2D eigenvalue weighted by molar-refractivity contribution is 0.357. The second kappa shape index (κ2) is 3.77. The highest BCUT2D eigenvalue weighted by atomic mass is 16.5. The van der Waals surface area contributed by atoms with E-state index in [-0.39, 0.29) is 0 Å². The summed E-state index contributed by atoms with van der Waals surface area (Å²) in [5, 5.41) is 3.44. The van der Waals surface area contributed by atoms with Crippen LogP contribution in [-0.4, -0.2) is 13.2 Å². The van der Waals surface area contributed by atoms with Gasteiger partial charge < -0.3 is 10.1 Å². The second-order valence-corrected chi connectivity index (χ2v) is 4.97. The number of fused-ring (bicyclic) bond motifs is 2. The van der Waals surface area contributed by atoms with E-state index < -0.39 is 0 Å². The number of rotatable bonds is 1. The summed E-state index contributed by atoms with van der Waals surface area (Å²) in [6.45, 7) is 1.89. The molecule has 0 aromatic heterocycles. The first-order valence-corrected chi connectivity index (χ1v) is 6.53. The molecular weight excluding hydrogens is 222 g/mol. The molecule has 0 saturated heterocycles. The van der Waals surface area contributed by atoms with E-state index in [4.69, 9.17) is 4.74 Å². The summed E-state index contributed by atoms with van der Waals surface area (Å²) in [6.07, 6.45) is 2.18. The van der Waals surface area contributed by atoms with E-state index in [0.717, 1.165) is 31.7 Å². The van der Waals surface area contributed by atoms with Crippen molar-refractivity contribution in [3.8, 4) is 16.9 Å². The molecule has 2 heterocycles. The third-order valence-corrected chi connectivity index (χ3v) is 3.84. The first-order valence-electron chi connectivity index (χ1n) is 6.53. The Labute approximate surface area is 107 Å². The van der Waals surface area contributed by atoms with Crippen molar-refractivity contribution in [3.63, 3.8) is 0 Å². The van der Waals surface area contributed by atoms with Gasteiger partial charge in [-0.05, 0) is 46.9 Å². The largest absolute Gasteiger partial charge is 0.493 e. The number of nitrogens with one attached hydrogen (secondary N) is 1. The minimum absolute atomic E-state index is 0.824. The molecule has 0 radical (unpaired) electrons. The molecule has 1 N–H and O–H groups in total. The summed E-state index contributed by atoms with van der Waals surface area (Å²) in [4.78, 5) is 0. The molecule has 0 atom stereocenters. The lowest BCUT2D eigenvalue weighted by Crippen LogP contribution is -1.91. The molecule has 2 aromatic carbocycles. The third-order valence-electron chi connectivity index (χ3n) is 3.84. The molecule has 0 unspecified atom stereocenters. The number of ether oxygens (including phenoxy) is 1. The van der Waals surface area contributed by atoms with E-state index in [2.05, 4.69) is 41.7 Å². The van der Waals surface area contributed by atoms with Crippen LogP contribution in [0.15, 0.2) is 36.4 Å². The summed E-state index contributed by atoms with van der Waals surface area (Å²) in [7, 11) is 0. The van der Waals surface area contributed by atoms with Crippen molar-refractivity contribution in [1.82, 2.24) is 0 Å². The van der Waals surface area contributed by atoms with Gasteiger partial charge in [0.25, 0.3) is 0 Å². The quantitative estimate of drug-likeness (QED) is 0.822. The Kier molecular flexibility index (Phi) is 2.10. The highest BCUT2D eigenvalue weighted by Gasteiger charge is 2.14. The number of hydrogen-bond acceptors (Lipinski definition) is 2. The van der Waals surface area contributed by atoms with Crippen LogP contribution in [-0.2, 0) is 12.8 Å². The number of benzene rings is 2. The van der Waals surface area contributed by atoms with E-state index in [9.17, 15) is 0 Å². The van der Waals surface area contributed by atoms with Crippen LogP contribution in [0.5, 0.6) is 5.75 Å². The fourth-order valence-corrected chi connectivity index (χ4v) is 2.84. The highest BCUT2D eigenvalue weighted by molar-refractivity contribution is 5.72. The topological polar surface area (TPSA) is 21.3 Å². The van der Waals surface area contributed by atoms with Gasteiger partial charge in [-0.2, -0.15) is 0 Å². The van der Waals surface area contributed by atoms with Gasteiger partial charge in [-0.3, -0.25) is 0 Å². The average molecular weight is 237 g/mol. The molecule has 18 heavy (non-hydrogen) atoms. The van der Waals surface area contributed by atoms with Crippen LogP contribution < -0.4 is 10.1 Å². The van der Waals surface area contributed by atoms with Crippen LogP contribution in [0.1, 0.15) is 11.1 Å². The average Bonchev–Trinajstić information content (AvgIpc) is 3.05. The minimum Gasteiger partial charge on any atom is -0.493 e. The first-order chi connectivity index (χ1) is 8.90. The van der Waals surface area contributed by atoms with E-state index >= 15 is 0 Å². The minimum atomic E-state index is 0.824. The molecule has 90 valence electrons. The molecule has 2 aromatic rings. The van der Waals surface area contributed by atoms with Crippen molar-refractivity contribution < 1.29 is 4.74 Å². The predicted octanol–water partition coefficient (Wildman–Crippen LogP) is 3.26. The van der Waals surface area contributed by atoms with Crippen molar-refractivity contribution in [2.75, 3.05) is 18.5 Å². The maximum atomic E-state index is 5.55. The Hall–Kier alpha value is -1.96. The maximum absolute atomic E-state index is 5.55. The Morgan fingerprint density at radius 2 is 1.78 bits per heavy atom. The van der Waals surface area contributed by atoms with Gasteiger partial charge in [0.05, 0.1) is 6.61 Å². The highest BCUT2D eigenvalue weighted by Crippen LogP contribution is 2.33. The van der Waals surface area contributed by atoms with E-state index in [0.29, 0.717) is 0 Å². The molecule has 2 nitrogen and oxygen atoms in total. The summed E-state index contributed by atoms with van der Waals surface area (Å²) in [5.41, 5.74) is 6.64. The maximum Gasteiger partial charge on any atom is 0.122 e. The van der Waals surface area contributed by atoms with Gasteiger partial charge >= 0.3 is 0 Å². The fraction of sp³-hybridized carbons (Fsp3) is 0.250. The predicted molar refractivity (Wildman–Crippen MR) is 73.3 cm³/mol. The Bertz CT molecular complexity index is 563. The molecule has 2 heteroatoms. The van der Waals surface area contributed by atoms with Gasteiger partial charge in [-0.1, -0.05) is 18.2 Å². The smallest absolute Gasteiger partial charge is 0.122 e. The zero-order chi connectivity index (χ0) is 11.9. The van der Waals surface area contributed by atoms with E-state index in [1.165, 1.54) is 27.9 Å². The van der Waals surface area contributed by atoms with Crippen LogP contribution in [0.4, 0.5) is 5.69 Å². The molecular formula is C16H15NO. The van der Waals surface area contributed by atoms with Gasteiger partial charge in [0.15, 0.2) is 0 Å². The number of anilines is 1. The fourth-order valence-electron chi connectivity index (χ4n) is 2.84. The van der Waals surface area contributed by atoms with Gasteiger partial charge in [0.2, 0.25) is 0 Å². The molecule has 0 fully saturated rings. The lowest BCUT2D eigenvalue weighted by atomic mass is 10.00. The van der Waals surface area contributed by atoms with Crippen LogP contribution >= 0.6 is 0 Å². The molecule has 0 spiro atoms. The molecule has 4 rings (SSSR count). The van der Waals surface area contributed by atoms with Crippen LogP contribution in [0, 0.1) is 0 Å². The van der Waals surface area contributed by atoms with Gasteiger partial charge in [0.1, 0.15) is 5.75 Å². The van der Waals surface area contributed by atoms with Crippen molar-refractivity contribution in [3.05, 3.63) is 47.5 Å². The Morgan fingerprint density at radius 3 is 2.78 bits per heavy atom. The van der Waals surface area contributed by atoms with Gasteiger partial charge in [-0.15, -0.1) is 0 Å². The SMILES string of the molecule is c1cc2c(cc1-c1ccc3c(c1)NCC3)CCO2. The van der Waals surface area contributed by atoms with E-state index in [1.807, 2.05) is 0 Å². The van der Waals surface area contributed by atoms with Crippen LogP contribution in [0.2, 0.25) is 0 Å². The normalized spacial score (nSPS) is 15.8. The van der Waals surface area contributed by atoms with Gasteiger partial charge in [-0.25, -0.2) is 0 Å². The van der Waals surface area contributed by atoms with Crippen molar-refractivity contribution >= 4 is 5.69 Å². The standard InChI is InChI=1S/C16H15NO/c1-2-13(10-15-11(1)5-7-17-15)12-3-4-16-14(9-12)6-8-18-16/h1-4,9-10,17H,5-8H2. The molecule has 0 aliphatic carbocycles. The zero-order valence-corrected chi connectivity index (χ0v) is 10.2. The molecule has 0 saturated carbocycles. The lowest BCUT2D eigenvalue weighted by Gasteiger charge is -2.07. The van der Waals surface area contributed by atoms with E-state index in [1.54, 1.807) is 0 Å².